The Morgan fingerprint density at radius 3 is 1.66 bits per heavy atom. The zero-order valence-electron chi connectivity index (χ0n) is 22.4. The van der Waals surface area contributed by atoms with Crippen molar-refractivity contribution in [3.05, 3.63) is 40.6 Å². The lowest BCUT2D eigenvalue weighted by atomic mass is 9.99. The SMILES string of the molecule is O=c1cc(-c2ccc(O)cc2)oc2c(O[C@@H]3O[C@H](CO)[C@H](O)[C@H](O)[C@H]3O)c(O)c(O[C@@H]3O[C@H](CO)[C@H](O)[C@H](O)[C@H]3O)c(O)c12. The predicted molar refractivity (Wildman–Crippen MR) is 142 cm³/mol. The number of fused-ring (bicyclic) bond motifs is 1. The van der Waals surface area contributed by atoms with E-state index in [0.717, 1.165) is 6.07 Å². The smallest absolute Gasteiger partial charge is 0.229 e. The van der Waals surface area contributed by atoms with Crippen molar-refractivity contribution in [1.29, 1.82) is 0 Å². The molecule has 2 aliphatic heterocycles. The summed E-state index contributed by atoms with van der Waals surface area (Å²) in [4.78, 5) is 13.3. The second kappa shape index (κ2) is 12.3. The number of hydrogen-bond acceptors (Lipinski definition) is 17. The lowest BCUT2D eigenvalue weighted by molar-refractivity contribution is -0.279. The molecule has 3 aromatic rings. The Hall–Kier alpha value is -3.75. The lowest BCUT2D eigenvalue weighted by Crippen LogP contribution is -2.60. The van der Waals surface area contributed by atoms with Gasteiger partial charge in [-0.15, -0.1) is 0 Å². The molecule has 0 radical (unpaired) electrons. The van der Waals surface area contributed by atoms with Crippen LogP contribution in [0.4, 0.5) is 0 Å². The van der Waals surface area contributed by atoms with Gasteiger partial charge in [0, 0.05) is 11.6 Å². The van der Waals surface area contributed by atoms with Gasteiger partial charge in [-0.1, -0.05) is 0 Å². The van der Waals surface area contributed by atoms with Gasteiger partial charge in [-0.05, 0) is 24.3 Å². The molecule has 2 fully saturated rings. The first-order valence-corrected chi connectivity index (χ1v) is 13.2. The van der Waals surface area contributed by atoms with Gasteiger partial charge in [-0.3, -0.25) is 4.79 Å². The average molecular weight is 627 g/mol. The molecule has 0 spiro atoms. The van der Waals surface area contributed by atoms with Gasteiger partial charge in [0.1, 0.15) is 65.7 Å². The van der Waals surface area contributed by atoms with E-state index in [9.17, 15) is 61.0 Å². The summed E-state index contributed by atoms with van der Waals surface area (Å²) in [5.41, 5.74) is -1.33. The molecule has 0 bridgehead atoms. The Labute approximate surface area is 246 Å². The van der Waals surface area contributed by atoms with Gasteiger partial charge in [-0.25, -0.2) is 0 Å². The van der Waals surface area contributed by atoms with Gasteiger partial charge >= 0.3 is 0 Å². The van der Waals surface area contributed by atoms with Crippen LogP contribution in [0.5, 0.6) is 28.7 Å². The quantitative estimate of drug-likeness (QED) is 0.124. The van der Waals surface area contributed by atoms with Crippen molar-refractivity contribution in [1.82, 2.24) is 0 Å². The molecule has 44 heavy (non-hydrogen) atoms. The molecule has 0 amide bonds. The van der Waals surface area contributed by atoms with Crippen LogP contribution < -0.4 is 14.9 Å². The van der Waals surface area contributed by atoms with Gasteiger partial charge in [-0.2, -0.15) is 0 Å². The molecule has 17 heteroatoms. The van der Waals surface area contributed by atoms with Gasteiger partial charge in [0.05, 0.1) is 13.2 Å². The molecular weight excluding hydrogens is 596 g/mol. The first kappa shape index (κ1) is 31.7. The molecule has 10 atom stereocenters. The fourth-order valence-corrected chi connectivity index (χ4v) is 4.86. The van der Waals surface area contributed by atoms with Crippen molar-refractivity contribution in [2.45, 2.75) is 61.4 Å². The van der Waals surface area contributed by atoms with Gasteiger partial charge in [0.25, 0.3) is 0 Å². The number of hydrogen-bond donors (Lipinski definition) is 11. The summed E-state index contributed by atoms with van der Waals surface area (Å²) in [7, 11) is 0. The first-order valence-electron chi connectivity index (χ1n) is 13.2. The zero-order chi connectivity index (χ0) is 32.0. The third kappa shape index (κ3) is 5.50. The van der Waals surface area contributed by atoms with Crippen LogP contribution >= 0.6 is 0 Å². The number of benzene rings is 2. The Balaban J connectivity index is 1.67. The number of phenolic OH excluding ortho intramolecular Hbond substituents is 3. The van der Waals surface area contributed by atoms with Crippen LogP contribution in [-0.4, -0.2) is 131 Å². The Bertz CT molecular complexity index is 1540. The van der Waals surface area contributed by atoms with Gasteiger partial charge < -0.3 is 79.5 Å². The highest BCUT2D eigenvalue weighted by molar-refractivity contribution is 5.95. The van der Waals surface area contributed by atoms with Crippen LogP contribution in [0.15, 0.2) is 39.5 Å². The van der Waals surface area contributed by atoms with Crippen LogP contribution in [0.1, 0.15) is 0 Å². The fourth-order valence-electron chi connectivity index (χ4n) is 4.86. The minimum atomic E-state index is -2.01. The van der Waals surface area contributed by atoms with E-state index in [1.807, 2.05) is 0 Å². The number of aliphatic hydroxyl groups excluding tert-OH is 8. The monoisotopic (exact) mass is 626 g/mol. The molecule has 1 aromatic heterocycles. The fraction of sp³-hybridized carbons (Fsp3) is 0.444. The minimum absolute atomic E-state index is 0.103. The summed E-state index contributed by atoms with van der Waals surface area (Å²) in [6.07, 6.45) is -18.2. The molecule has 2 aliphatic rings. The first-order chi connectivity index (χ1) is 20.9. The van der Waals surface area contributed by atoms with E-state index in [1.54, 1.807) is 0 Å². The van der Waals surface area contributed by atoms with E-state index >= 15 is 0 Å². The summed E-state index contributed by atoms with van der Waals surface area (Å²) >= 11 is 0. The van der Waals surface area contributed by atoms with Crippen LogP contribution in [-0.2, 0) is 9.47 Å². The van der Waals surface area contributed by atoms with Crippen molar-refractivity contribution in [2.75, 3.05) is 13.2 Å². The molecule has 3 heterocycles. The predicted octanol–water partition coefficient (Wildman–Crippen LogP) is -3.07. The number of aliphatic hydroxyl groups is 8. The standard InChI is InChI=1S/C27H30O17/c28-6-12-15(32)18(35)20(37)26(41-12)43-24-17(34)14-10(31)5-11(8-1-3-9(30)4-2-8)40-23(14)25(22(24)39)44-27-21(38)19(36)16(33)13(7-29)42-27/h1-5,12-13,15-16,18-21,26-30,32-39H,6-7H2/t12-,13-,15+,16+,18+,19+,20-,21-,26+,27+/m1/s1. The summed E-state index contributed by atoms with van der Waals surface area (Å²) in [6.45, 7) is -1.67. The van der Waals surface area contributed by atoms with E-state index in [4.69, 9.17) is 23.4 Å². The molecule has 2 saturated heterocycles. The average Bonchev–Trinajstić information content (AvgIpc) is 3.01. The summed E-state index contributed by atoms with van der Waals surface area (Å²) in [5.74, 6) is -4.28. The van der Waals surface area contributed by atoms with Crippen LogP contribution in [0.2, 0.25) is 0 Å². The number of aromatic hydroxyl groups is 3. The van der Waals surface area contributed by atoms with Crippen molar-refractivity contribution in [3.8, 4) is 40.1 Å². The van der Waals surface area contributed by atoms with E-state index in [-0.39, 0.29) is 17.1 Å². The van der Waals surface area contributed by atoms with Crippen molar-refractivity contribution >= 4 is 11.0 Å². The van der Waals surface area contributed by atoms with Crippen LogP contribution in [0.25, 0.3) is 22.3 Å². The molecule has 0 aliphatic carbocycles. The maximum atomic E-state index is 13.3. The molecule has 2 aromatic carbocycles. The molecule has 5 rings (SSSR count). The molecule has 240 valence electrons. The number of rotatable bonds is 7. The third-order valence-electron chi connectivity index (χ3n) is 7.35. The molecule has 17 nitrogen and oxygen atoms in total. The zero-order valence-corrected chi connectivity index (χ0v) is 22.4. The summed E-state index contributed by atoms with van der Waals surface area (Å²) < 4.78 is 27.5. The highest BCUT2D eigenvalue weighted by Crippen LogP contribution is 2.51. The molecule has 0 saturated carbocycles. The Morgan fingerprint density at radius 2 is 1.16 bits per heavy atom. The van der Waals surface area contributed by atoms with E-state index < -0.39 is 114 Å². The number of phenols is 3. The van der Waals surface area contributed by atoms with Crippen molar-refractivity contribution in [3.63, 3.8) is 0 Å². The summed E-state index contributed by atoms with van der Waals surface area (Å²) in [6, 6.07) is 6.29. The van der Waals surface area contributed by atoms with E-state index in [2.05, 4.69) is 0 Å². The number of ether oxygens (including phenoxy) is 4. The topological polar surface area (TPSA) is 290 Å². The van der Waals surface area contributed by atoms with Crippen LogP contribution in [0.3, 0.4) is 0 Å². The van der Waals surface area contributed by atoms with Gasteiger partial charge in [0.2, 0.25) is 29.8 Å². The normalized spacial score (nSPS) is 32.5. The minimum Gasteiger partial charge on any atom is -0.508 e. The molecule has 0 unspecified atom stereocenters. The second-order valence-corrected chi connectivity index (χ2v) is 10.2. The third-order valence-corrected chi connectivity index (χ3v) is 7.35. The highest BCUT2D eigenvalue weighted by Gasteiger charge is 2.47. The maximum absolute atomic E-state index is 13.3. The van der Waals surface area contributed by atoms with Crippen molar-refractivity contribution < 1.29 is 79.5 Å². The second-order valence-electron chi connectivity index (χ2n) is 10.2. The van der Waals surface area contributed by atoms with E-state index in [0.29, 0.717) is 0 Å². The van der Waals surface area contributed by atoms with Gasteiger partial charge in [0.15, 0.2) is 16.8 Å². The molecule has 11 N–H and O–H groups in total. The summed E-state index contributed by atoms with van der Waals surface area (Å²) in [5, 5.41) is 112. The maximum Gasteiger partial charge on any atom is 0.229 e. The largest absolute Gasteiger partial charge is 0.508 e. The van der Waals surface area contributed by atoms with E-state index in [1.165, 1.54) is 24.3 Å². The van der Waals surface area contributed by atoms with Crippen molar-refractivity contribution in [2.24, 2.45) is 0 Å². The Morgan fingerprint density at radius 1 is 0.659 bits per heavy atom. The Kier molecular flexibility index (Phi) is 8.87. The lowest BCUT2D eigenvalue weighted by Gasteiger charge is -2.40. The van der Waals surface area contributed by atoms with Crippen LogP contribution in [0, 0.1) is 0 Å². The molecular formula is C27H30O17. The highest BCUT2D eigenvalue weighted by atomic mass is 16.7.